The van der Waals surface area contributed by atoms with E-state index in [2.05, 4.69) is 9.97 Å². The normalized spacial score (nSPS) is 13.3. The predicted octanol–water partition coefficient (Wildman–Crippen LogP) is 4.83. The van der Waals surface area contributed by atoms with Gasteiger partial charge in [0, 0.05) is 11.1 Å². The van der Waals surface area contributed by atoms with Gasteiger partial charge in [-0.15, -0.1) is 0 Å². The Kier molecular flexibility index (Phi) is 4.23. The number of alkyl halides is 2. The fourth-order valence-corrected chi connectivity index (χ4v) is 4.06. The number of ether oxygens (including phenoxy) is 1. The summed E-state index contributed by atoms with van der Waals surface area (Å²) in [6.45, 7) is -3.11. The molecule has 0 atom stereocenters. The number of nitrogens with zero attached hydrogens (tertiary/aromatic N) is 3. The van der Waals surface area contributed by atoms with Crippen molar-refractivity contribution < 1.29 is 18.3 Å². The molecule has 1 aliphatic carbocycles. The number of esters is 1. The van der Waals surface area contributed by atoms with Gasteiger partial charge < -0.3 is 4.74 Å². The number of halogens is 2. The first kappa shape index (κ1) is 17.7. The highest BCUT2D eigenvalue weighted by Crippen LogP contribution is 2.31. The number of pyridine rings is 1. The van der Waals surface area contributed by atoms with Gasteiger partial charge in [0.1, 0.15) is 6.61 Å². The molecule has 146 valence electrons. The lowest BCUT2D eigenvalue weighted by Gasteiger charge is -2.13. The monoisotopic (exact) mass is 393 g/mol. The minimum atomic E-state index is -2.78. The van der Waals surface area contributed by atoms with E-state index in [9.17, 15) is 13.6 Å². The van der Waals surface area contributed by atoms with Crippen LogP contribution in [0.15, 0.2) is 48.5 Å². The molecule has 0 unspecified atom stereocenters. The summed E-state index contributed by atoms with van der Waals surface area (Å²) < 4.78 is 33.5. The third kappa shape index (κ3) is 2.93. The fourth-order valence-electron chi connectivity index (χ4n) is 4.06. The van der Waals surface area contributed by atoms with Gasteiger partial charge in [0.25, 0.3) is 0 Å². The number of aromatic nitrogens is 3. The molecule has 0 fully saturated rings. The van der Waals surface area contributed by atoms with Crippen molar-refractivity contribution in [3.05, 3.63) is 71.2 Å². The fraction of sp³-hybridized carbons (Fsp3) is 0.227. The Morgan fingerprint density at radius 3 is 2.62 bits per heavy atom. The van der Waals surface area contributed by atoms with Crippen molar-refractivity contribution in [2.24, 2.45) is 0 Å². The second-order valence-electron chi connectivity index (χ2n) is 7.02. The zero-order valence-electron chi connectivity index (χ0n) is 15.4. The van der Waals surface area contributed by atoms with E-state index >= 15 is 0 Å². The van der Waals surface area contributed by atoms with E-state index < -0.39 is 12.5 Å². The van der Waals surface area contributed by atoms with Crippen LogP contribution in [-0.2, 0) is 24.2 Å². The third-order valence-electron chi connectivity index (χ3n) is 5.32. The van der Waals surface area contributed by atoms with Crippen LogP contribution in [-0.4, -0.2) is 20.5 Å². The van der Waals surface area contributed by atoms with Crippen LogP contribution in [0.5, 0.6) is 0 Å². The molecule has 0 bridgehead atoms. The van der Waals surface area contributed by atoms with Crippen LogP contribution in [0.1, 0.15) is 40.4 Å². The summed E-state index contributed by atoms with van der Waals surface area (Å²) in [6.07, 6.45) is 2.51. The molecule has 2 aromatic carbocycles. The average Bonchev–Trinajstić information content (AvgIpc) is 3.33. The summed E-state index contributed by atoms with van der Waals surface area (Å²) in [5, 5.41) is 0.723. The molecule has 0 saturated heterocycles. The van der Waals surface area contributed by atoms with E-state index in [4.69, 9.17) is 4.74 Å². The highest BCUT2D eigenvalue weighted by Gasteiger charge is 2.26. The molecule has 0 amide bonds. The number of fused-ring (bicyclic) bond motifs is 3. The smallest absolute Gasteiger partial charge is 0.339 e. The van der Waals surface area contributed by atoms with Crippen LogP contribution in [0.4, 0.5) is 8.78 Å². The van der Waals surface area contributed by atoms with E-state index in [1.54, 1.807) is 24.3 Å². The largest absolute Gasteiger partial charge is 0.454 e. The first-order valence-corrected chi connectivity index (χ1v) is 9.45. The molecular formula is C22H17F2N3O2. The Morgan fingerprint density at radius 1 is 1.03 bits per heavy atom. The van der Waals surface area contributed by atoms with Gasteiger partial charge in [-0.2, -0.15) is 8.78 Å². The molecule has 0 radical (unpaired) electrons. The topological polar surface area (TPSA) is 57.0 Å². The van der Waals surface area contributed by atoms with Crippen LogP contribution in [0.2, 0.25) is 0 Å². The number of carbonyl (C=O) groups excluding carboxylic acids is 1. The minimum Gasteiger partial charge on any atom is -0.454 e. The molecule has 0 spiro atoms. The Balaban J connectivity index is 1.51. The third-order valence-corrected chi connectivity index (χ3v) is 5.32. The molecule has 0 N–H and O–H groups in total. The molecule has 5 rings (SSSR count). The van der Waals surface area contributed by atoms with Crippen molar-refractivity contribution in [3.8, 4) is 0 Å². The van der Waals surface area contributed by atoms with Crippen molar-refractivity contribution in [2.75, 3.05) is 0 Å². The molecule has 0 saturated carbocycles. The second-order valence-corrected chi connectivity index (χ2v) is 7.02. The zero-order valence-corrected chi connectivity index (χ0v) is 15.4. The number of rotatable bonds is 4. The first-order valence-electron chi connectivity index (χ1n) is 9.45. The number of hydrogen-bond acceptors (Lipinski definition) is 4. The van der Waals surface area contributed by atoms with E-state index in [0.29, 0.717) is 16.6 Å². The Hall–Kier alpha value is -3.35. The summed E-state index contributed by atoms with van der Waals surface area (Å²) in [5.41, 5.74) is 3.78. The maximum absolute atomic E-state index is 13.6. The Morgan fingerprint density at radius 2 is 1.79 bits per heavy atom. The lowest BCUT2D eigenvalue weighted by molar-refractivity contribution is 0.0388. The summed E-state index contributed by atoms with van der Waals surface area (Å²) in [6, 6.07) is 14.0. The molecule has 4 aromatic rings. The molecular weight excluding hydrogens is 376 g/mol. The van der Waals surface area contributed by atoms with Crippen LogP contribution >= 0.6 is 0 Å². The van der Waals surface area contributed by atoms with Gasteiger partial charge in [-0.1, -0.05) is 30.3 Å². The van der Waals surface area contributed by atoms with Crippen molar-refractivity contribution in [1.82, 2.24) is 14.5 Å². The number of hydrogen-bond donors (Lipinski definition) is 0. The number of aryl methyl sites for hydroxylation is 1. The van der Waals surface area contributed by atoms with Crippen LogP contribution in [0, 0.1) is 0 Å². The van der Waals surface area contributed by atoms with Gasteiger partial charge in [-0.25, -0.2) is 9.78 Å². The molecule has 29 heavy (non-hydrogen) atoms. The maximum Gasteiger partial charge on any atom is 0.339 e. The highest BCUT2D eigenvalue weighted by atomic mass is 19.3. The summed E-state index contributed by atoms with van der Waals surface area (Å²) in [7, 11) is 0. The van der Waals surface area contributed by atoms with Crippen molar-refractivity contribution >= 4 is 27.9 Å². The summed E-state index contributed by atoms with van der Waals surface area (Å²) >= 11 is 0. The predicted molar refractivity (Wildman–Crippen MR) is 104 cm³/mol. The van der Waals surface area contributed by atoms with Crippen molar-refractivity contribution in [1.29, 1.82) is 0 Å². The minimum absolute atomic E-state index is 0.0181. The zero-order chi connectivity index (χ0) is 20.0. The second kappa shape index (κ2) is 6.92. The van der Waals surface area contributed by atoms with Gasteiger partial charge in [0.2, 0.25) is 0 Å². The first-order chi connectivity index (χ1) is 14.1. The Labute approximate surface area is 165 Å². The van der Waals surface area contributed by atoms with Crippen LogP contribution in [0.3, 0.4) is 0 Å². The summed E-state index contributed by atoms with van der Waals surface area (Å²) in [4.78, 5) is 21.9. The average molecular weight is 393 g/mol. The highest BCUT2D eigenvalue weighted by molar-refractivity contribution is 6.05. The molecule has 7 heteroatoms. The summed E-state index contributed by atoms with van der Waals surface area (Å²) in [5.74, 6) is -0.515. The van der Waals surface area contributed by atoms with Crippen LogP contribution in [0.25, 0.3) is 21.9 Å². The van der Waals surface area contributed by atoms with Crippen molar-refractivity contribution in [3.63, 3.8) is 0 Å². The number of imidazole rings is 1. The molecule has 2 aromatic heterocycles. The van der Waals surface area contributed by atoms with Gasteiger partial charge in [0.15, 0.2) is 5.82 Å². The van der Waals surface area contributed by atoms with Gasteiger partial charge in [0.05, 0.1) is 22.1 Å². The van der Waals surface area contributed by atoms with Gasteiger partial charge >= 0.3 is 12.5 Å². The Bertz CT molecular complexity index is 1250. The van der Waals surface area contributed by atoms with Gasteiger partial charge in [-0.05, 0) is 43.0 Å². The van der Waals surface area contributed by atoms with Gasteiger partial charge in [-0.3, -0.25) is 9.55 Å². The molecule has 2 heterocycles. The number of carbonyl (C=O) groups is 1. The number of benzene rings is 2. The van der Waals surface area contributed by atoms with Crippen LogP contribution < -0.4 is 0 Å². The standard InChI is InChI=1S/C22H17F2N3O2/c23-22(24)27-18-11-4-3-9-17(18)26-19(27)12-29-21(28)20-13-6-1-2-8-15(13)25-16-10-5-7-14(16)20/h1-4,6,8-9,11,22H,5,7,10,12H2. The van der Waals surface area contributed by atoms with E-state index in [0.717, 1.165) is 46.0 Å². The molecule has 0 aliphatic heterocycles. The SMILES string of the molecule is O=C(OCc1nc2ccccc2n1C(F)F)c1c2c(nc3ccccc13)CCC2. The van der Waals surface area contributed by atoms with Crippen molar-refractivity contribution in [2.45, 2.75) is 32.4 Å². The quantitative estimate of drug-likeness (QED) is 0.466. The molecule has 1 aliphatic rings. The molecule has 5 nitrogen and oxygen atoms in total. The lowest BCUT2D eigenvalue weighted by Crippen LogP contribution is -2.13. The van der Waals surface area contributed by atoms with E-state index in [1.165, 1.54) is 0 Å². The number of para-hydroxylation sites is 3. The van der Waals surface area contributed by atoms with E-state index in [1.807, 2.05) is 24.3 Å². The lowest BCUT2D eigenvalue weighted by atomic mass is 10.0. The maximum atomic E-state index is 13.6. The van der Waals surface area contributed by atoms with E-state index in [-0.39, 0.29) is 12.4 Å².